The zero-order valence-corrected chi connectivity index (χ0v) is 11.3. The second-order valence-corrected chi connectivity index (χ2v) is 5.81. The molecule has 0 radical (unpaired) electrons. The van der Waals surface area contributed by atoms with Gasteiger partial charge in [-0.1, -0.05) is 19.1 Å². The molecule has 3 N–H and O–H groups in total. The van der Waals surface area contributed by atoms with Crippen LogP contribution in [0.25, 0.3) is 0 Å². The van der Waals surface area contributed by atoms with Crippen LogP contribution in [0.2, 0.25) is 0 Å². The Morgan fingerprint density at radius 1 is 1.32 bits per heavy atom. The SMILES string of the molecule is CCC(CO)(CO)NS(=O)(=O)c1ccccc1C#N. The molecule has 0 aliphatic carbocycles. The number of hydrogen-bond acceptors (Lipinski definition) is 5. The molecule has 1 rings (SSSR count). The maximum atomic E-state index is 12.2. The third-order valence-corrected chi connectivity index (χ3v) is 4.57. The van der Waals surface area contributed by atoms with E-state index in [1.807, 2.05) is 0 Å². The first-order valence-electron chi connectivity index (χ1n) is 5.69. The van der Waals surface area contributed by atoms with Crippen LogP contribution in [0.5, 0.6) is 0 Å². The molecule has 104 valence electrons. The summed E-state index contributed by atoms with van der Waals surface area (Å²) in [5.74, 6) is 0. The van der Waals surface area contributed by atoms with E-state index in [2.05, 4.69) is 4.72 Å². The number of benzene rings is 1. The van der Waals surface area contributed by atoms with Crippen molar-refractivity contribution < 1.29 is 18.6 Å². The minimum Gasteiger partial charge on any atom is -0.394 e. The van der Waals surface area contributed by atoms with E-state index in [1.165, 1.54) is 18.2 Å². The number of rotatable bonds is 6. The molecule has 0 fully saturated rings. The van der Waals surface area contributed by atoms with Crippen molar-refractivity contribution >= 4 is 10.0 Å². The first-order chi connectivity index (χ1) is 8.94. The molecule has 0 unspecified atom stereocenters. The van der Waals surface area contributed by atoms with Gasteiger partial charge in [-0.05, 0) is 18.6 Å². The standard InChI is InChI=1S/C12H16N2O4S/c1-2-12(8-15,9-16)14-19(17,18)11-6-4-3-5-10(11)7-13/h3-6,14-16H,2,8-9H2,1H3. The Bertz CT molecular complexity index is 565. The summed E-state index contributed by atoms with van der Waals surface area (Å²) in [6.45, 7) is 0.576. The summed E-state index contributed by atoms with van der Waals surface area (Å²) in [6, 6.07) is 7.55. The van der Waals surface area contributed by atoms with Crippen molar-refractivity contribution in [3.05, 3.63) is 29.8 Å². The lowest BCUT2D eigenvalue weighted by molar-refractivity contribution is 0.105. The van der Waals surface area contributed by atoms with E-state index in [-0.39, 0.29) is 16.9 Å². The van der Waals surface area contributed by atoms with Gasteiger partial charge in [-0.15, -0.1) is 0 Å². The van der Waals surface area contributed by atoms with Gasteiger partial charge in [-0.25, -0.2) is 13.1 Å². The highest BCUT2D eigenvalue weighted by Gasteiger charge is 2.33. The van der Waals surface area contributed by atoms with Crippen molar-refractivity contribution in [3.63, 3.8) is 0 Å². The fraction of sp³-hybridized carbons (Fsp3) is 0.417. The Balaban J connectivity index is 3.22. The number of nitriles is 1. The summed E-state index contributed by atoms with van der Waals surface area (Å²) < 4.78 is 26.7. The minimum atomic E-state index is -3.99. The largest absolute Gasteiger partial charge is 0.394 e. The van der Waals surface area contributed by atoms with Crippen LogP contribution in [0.4, 0.5) is 0 Å². The normalized spacial score (nSPS) is 12.1. The molecule has 0 aromatic heterocycles. The van der Waals surface area contributed by atoms with Gasteiger partial charge in [0.05, 0.1) is 29.2 Å². The lowest BCUT2D eigenvalue weighted by Crippen LogP contribution is -2.53. The average molecular weight is 284 g/mol. The van der Waals surface area contributed by atoms with Crippen molar-refractivity contribution in [2.24, 2.45) is 0 Å². The minimum absolute atomic E-state index is 0.0101. The van der Waals surface area contributed by atoms with Gasteiger partial charge in [-0.3, -0.25) is 0 Å². The molecule has 0 aliphatic heterocycles. The van der Waals surface area contributed by atoms with Gasteiger partial charge in [-0.2, -0.15) is 5.26 Å². The lowest BCUT2D eigenvalue weighted by Gasteiger charge is -2.29. The Morgan fingerprint density at radius 3 is 2.37 bits per heavy atom. The fourth-order valence-corrected chi connectivity index (χ4v) is 3.16. The molecule has 6 nitrogen and oxygen atoms in total. The molecule has 1 aromatic rings. The highest BCUT2D eigenvalue weighted by molar-refractivity contribution is 7.89. The van der Waals surface area contributed by atoms with Gasteiger partial charge >= 0.3 is 0 Å². The van der Waals surface area contributed by atoms with Crippen LogP contribution in [-0.4, -0.2) is 37.4 Å². The van der Waals surface area contributed by atoms with Gasteiger partial charge in [0.1, 0.15) is 6.07 Å². The smallest absolute Gasteiger partial charge is 0.242 e. The quantitative estimate of drug-likeness (QED) is 0.679. The Morgan fingerprint density at radius 2 is 1.89 bits per heavy atom. The van der Waals surface area contributed by atoms with Gasteiger partial charge in [0.25, 0.3) is 0 Å². The molecular formula is C12H16N2O4S. The summed E-state index contributed by atoms with van der Waals surface area (Å²) in [5, 5.41) is 27.4. The maximum Gasteiger partial charge on any atom is 0.242 e. The molecule has 0 bridgehead atoms. The van der Waals surface area contributed by atoms with E-state index in [9.17, 15) is 18.6 Å². The number of sulfonamides is 1. The number of hydrogen-bond donors (Lipinski definition) is 3. The van der Waals surface area contributed by atoms with Crippen molar-refractivity contribution in [1.29, 1.82) is 5.26 Å². The zero-order chi connectivity index (χ0) is 14.5. The molecule has 0 heterocycles. The van der Waals surface area contributed by atoms with Gasteiger partial charge < -0.3 is 10.2 Å². The predicted octanol–water partition coefficient (Wildman–Crippen LogP) is -0.0300. The summed E-state index contributed by atoms with van der Waals surface area (Å²) in [4.78, 5) is -0.169. The van der Waals surface area contributed by atoms with Gasteiger partial charge in [0.2, 0.25) is 10.0 Å². The molecule has 0 spiro atoms. The summed E-state index contributed by atoms with van der Waals surface area (Å²) in [6.07, 6.45) is 0.216. The van der Waals surface area contributed by atoms with E-state index in [4.69, 9.17) is 5.26 Å². The third kappa shape index (κ3) is 3.30. The van der Waals surface area contributed by atoms with Crippen LogP contribution >= 0.6 is 0 Å². The second-order valence-electron chi connectivity index (χ2n) is 4.16. The van der Waals surface area contributed by atoms with Crippen molar-refractivity contribution in [2.75, 3.05) is 13.2 Å². The van der Waals surface area contributed by atoms with Crippen molar-refractivity contribution in [2.45, 2.75) is 23.8 Å². The molecule has 0 saturated carbocycles. The zero-order valence-electron chi connectivity index (χ0n) is 10.5. The molecule has 0 saturated heterocycles. The maximum absolute atomic E-state index is 12.2. The summed E-state index contributed by atoms with van der Waals surface area (Å²) >= 11 is 0. The molecule has 0 atom stereocenters. The van der Waals surface area contributed by atoms with Gasteiger partial charge in [0.15, 0.2) is 0 Å². The number of nitrogens with zero attached hydrogens (tertiary/aromatic N) is 1. The van der Waals surface area contributed by atoms with E-state index in [0.29, 0.717) is 0 Å². The third-order valence-electron chi connectivity index (χ3n) is 2.93. The highest BCUT2D eigenvalue weighted by Crippen LogP contribution is 2.18. The Hall–Kier alpha value is -1.46. The predicted molar refractivity (Wildman–Crippen MR) is 68.7 cm³/mol. The van der Waals surface area contributed by atoms with Crippen LogP contribution < -0.4 is 4.72 Å². The van der Waals surface area contributed by atoms with E-state index < -0.39 is 28.8 Å². The van der Waals surface area contributed by atoms with Crippen LogP contribution in [0, 0.1) is 11.3 Å². The van der Waals surface area contributed by atoms with Gasteiger partial charge in [0, 0.05) is 0 Å². The monoisotopic (exact) mass is 284 g/mol. The molecule has 0 aliphatic rings. The van der Waals surface area contributed by atoms with Crippen LogP contribution in [0.3, 0.4) is 0 Å². The second kappa shape index (κ2) is 6.12. The van der Waals surface area contributed by atoms with E-state index in [0.717, 1.165) is 0 Å². The molecular weight excluding hydrogens is 268 g/mol. The number of aliphatic hydroxyl groups excluding tert-OH is 2. The topological polar surface area (TPSA) is 110 Å². The number of nitrogens with one attached hydrogen (secondary N) is 1. The Labute approximate surface area is 112 Å². The fourth-order valence-electron chi connectivity index (χ4n) is 1.54. The Kier molecular flexibility index (Phi) is 5.03. The van der Waals surface area contributed by atoms with Crippen LogP contribution in [-0.2, 0) is 10.0 Å². The summed E-state index contributed by atoms with van der Waals surface area (Å²) in [5.41, 5.74) is -1.32. The van der Waals surface area contributed by atoms with E-state index in [1.54, 1.807) is 19.1 Å². The van der Waals surface area contributed by atoms with E-state index >= 15 is 0 Å². The first-order valence-corrected chi connectivity index (χ1v) is 7.18. The molecule has 0 amide bonds. The molecule has 19 heavy (non-hydrogen) atoms. The first kappa shape index (κ1) is 15.6. The van der Waals surface area contributed by atoms with Crippen molar-refractivity contribution in [1.82, 2.24) is 4.72 Å². The average Bonchev–Trinajstić information content (AvgIpc) is 2.45. The van der Waals surface area contributed by atoms with Crippen LogP contribution in [0.15, 0.2) is 29.2 Å². The van der Waals surface area contributed by atoms with Crippen LogP contribution in [0.1, 0.15) is 18.9 Å². The summed E-state index contributed by atoms with van der Waals surface area (Å²) in [7, 11) is -3.99. The molecule has 1 aromatic carbocycles. The number of aliphatic hydroxyl groups is 2. The molecule has 7 heteroatoms. The highest BCUT2D eigenvalue weighted by atomic mass is 32.2. The lowest BCUT2D eigenvalue weighted by atomic mass is 10.0. The van der Waals surface area contributed by atoms with Crippen molar-refractivity contribution in [3.8, 4) is 6.07 Å².